The van der Waals surface area contributed by atoms with Crippen LogP contribution in [-0.2, 0) is 14.5 Å². The van der Waals surface area contributed by atoms with Crippen LogP contribution in [0.3, 0.4) is 0 Å². The quantitative estimate of drug-likeness (QED) is 0.496. The van der Waals surface area contributed by atoms with Crippen LogP contribution in [0.2, 0.25) is 0 Å². The lowest BCUT2D eigenvalue weighted by Crippen LogP contribution is -2.33. The summed E-state index contributed by atoms with van der Waals surface area (Å²) in [6.45, 7) is 2.85. The molecule has 5 heteroatoms. The number of rotatable bonds is 2. The molecule has 0 aliphatic heterocycles. The molecule has 0 saturated heterocycles. The van der Waals surface area contributed by atoms with E-state index in [2.05, 4.69) is 10.2 Å². The first-order chi connectivity index (χ1) is 6.47. The Hall–Kier alpha value is -1.46. The Morgan fingerprint density at radius 3 is 2.79 bits per heavy atom. The van der Waals surface area contributed by atoms with Crippen molar-refractivity contribution in [3.8, 4) is 0 Å². The fourth-order valence-electron chi connectivity index (χ4n) is 1.08. The SMILES string of the molecule is CC(=O)NC1=CC(C)(OO)C=CC1=O. The normalized spacial score (nSPS) is 25.9. The molecule has 2 N–H and O–H groups in total. The Bertz CT molecular complexity index is 332. The van der Waals surface area contributed by atoms with Crippen LogP contribution < -0.4 is 5.32 Å². The summed E-state index contributed by atoms with van der Waals surface area (Å²) in [4.78, 5) is 26.1. The highest BCUT2D eigenvalue weighted by molar-refractivity contribution is 6.07. The molecule has 0 aromatic heterocycles. The van der Waals surface area contributed by atoms with Gasteiger partial charge in [-0.1, -0.05) is 0 Å². The molecule has 1 aliphatic carbocycles. The van der Waals surface area contributed by atoms with E-state index in [1.54, 1.807) is 6.92 Å². The van der Waals surface area contributed by atoms with Crippen molar-refractivity contribution in [3.05, 3.63) is 23.9 Å². The van der Waals surface area contributed by atoms with Crippen molar-refractivity contribution in [3.63, 3.8) is 0 Å². The molecule has 76 valence electrons. The highest BCUT2D eigenvalue weighted by atomic mass is 17.1. The molecule has 1 atom stereocenters. The molecule has 0 radical (unpaired) electrons. The number of nitrogens with one attached hydrogen (secondary N) is 1. The first-order valence-electron chi connectivity index (χ1n) is 4.03. The van der Waals surface area contributed by atoms with Crippen LogP contribution in [0.25, 0.3) is 0 Å². The van der Waals surface area contributed by atoms with Gasteiger partial charge in [0, 0.05) is 6.92 Å². The second kappa shape index (κ2) is 3.73. The second-order valence-electron chi connectivity index (χ2n) is 3.21. The monoisotopic (exact) mass is 197 g/mol. The van der Waals surface area contributed by atoms with Gasteiger partial charge in [0.15, 0.2) is 0 Å². The van der Waals surface area contributed by atoms with Gasteiger partial charge in [0.25, 0.3) is 0 Å². The van der Waals surface area contributed by atoms with Gasteiger partial charge in [-0.2, -0.15) is 0 Å². The van der Waals surface area contributed by atoms with Crippen LogP contribution in [0, 0.1) is 0 Å². The molecule has 1 rings (SSSR count). The third-order valence-electron chi connectivity index (χ3n) is 1.77. The lowest BCUT2D eigenvalue weighted by molar-refractivity contribution is -0.288. The summed E-state index contributed by atoms with van der Waals surface area (Å²) in [5.41, 5.74) is -0.956. The Morgan fingerprint density at radius 1 is 1.64 bits per heavy atom. The van der Waals surface area contributed by atoms with E-state index < -0.39 is 5.60 Å². The van der Waals surface area contributed by atoms with Crippen LogP contribution in [0.5, 0.6) is 0 Å². The van der Waals surface area contributed by atoms with E-state index in [-0.39, 0.29) is 17.4 Å². The molecule has 1 aliphatic rings. The summed E-state index contributed by atoms with van der Waals surface area (Å²) in [5, 5.41) is 10.9. The van der Waals surface area contributed by atoms with E-state index in [4.69, 9.17) is 5.26 Å². The zero-order chi connectivity index (χ0) is 10.8. The Labute approximate surface area is 81.0 Å². The molecule has 5 nitrogen and oxygen atoms in total. The van der Waals surface area contributed by atoms with Gasteiger partial charge in [-0.3, -0.25) is 14.8 Å². The van der Waals surface area contributed by atoms with Gasteiger partial charge in [0.05, 0.1) is 5.70 Å². The average Bonchev–Trinajstić information content (AvgIpc) is 2.11. The van der Waals surface area contributed by atoms with Gasteiger partial charge in [-0.25, -0.2) is 4.89 Å². The predicted molar refractivity (Wildman–Crippen MR) is 48.2 cm³/mol. The van der Waals surface area contributed by atoms with E-state index in [0.29, 0.717) is 0 Å². The highest BCUT2D eigenvalue weighted by Crippen LogP contribution is 2.19. The third kappa shape index (κ3) is 2.27. The summed E-state index contributed by atoms with van der Waals surface area (Å²) in [6, 6.07) is 0. The Balaban J connectivity index is 2.92. The maximum atomic E-state index is 11.2. The molecular weight excluding hydrogens is 186 g/mol. The van der Waals surface area contributed by atoms with Gasteiger partial charge < -0.3 is 5.32 Å². The number of allylic oxidation sites excluding steroid dienone is 1. The number of amides is 1. The van der Waals surface area contributed by atoms with Crippen molar-refractivity contribution < 1.29 is 19.7 Å². The maximum absolute atomic E-state index is 11.2. The molecule has 0 fully saturated rings. The number of carbonyl (C=O) groups excluding carboxylic acids is 2. The summed E-state index contributed by atoms with van der Waals surface area (Å²) in [5.74, 6) is -0.671. The van der Waals surface area contributed by atoms with E-state index in [0.717, 1.165) is 0 Å². The highest BCUT2D eigenvalue weighted by Gasteiger charge is 2.26. The molecule has 0 aromatic carbocycles. The van der Waals surface area contributed by atoms with Gasteiger partial charge in [-0.15, -0.1) is 0 Å². The molecule has 14 heavy (non-hydrogen) atoms. The summed E-state index contributed by atoms with van der Waals surface area (Å²) >= 11 is 0. The molecule has 0 saturated carbocycles. The van der Waals surface area contributed by atoms with Crippen LogP contribution >= 0.6 is 0 Å². The molecule has 0 spiro atoms. The van der Waals surface area contributed by atoms with Crippen LogP contribution in [0.1, 0.15) is 13.8 Å². The van der Waals surface area contributed by atoms with E-state index in [9.17, 15) is 9.59 Å². The fraction of sp³-hybridized carbons (Fsp3) is 0.333. The van der Waals surface area contributed by atoms with Crippen molar-refractivity contribution in [2.24, 2.45) is 0 Å². The van der Waals surface area contributed by atoms with E-state index in [1.807, 2.05) is 0 Å². The average molecular weight is 197 g/mol. The lowest BCUT2D eigenvalue weighted by Gasteiger charge is -2.22. The molecule has 0 bridgehead atoms. The number of hydrogen-bond donors (Lipinski definition) is 2. The number of carbonyl (C=O) groups is 2. The minimum absolute atomic E-state index is 0.108. The molecule has 1 unspecified atom stereocenters. The molecule has 1 amide bonds. The minimum Gasteiger partial charge on any atom is -0.323 e. The summed E-state index contributed by atoms with van der Waals surface area (Å²) in [7, 11) is 0. The van der Waals surface area contributed by atoms with Crippen molar-refractivity contribution >= 4 is 11.7 Å². The van der Waals surface area contributed by atoms with E-state index >= 15 is 0 Å². The summed E-state index contributed by atoms with van der Waals surface area (Å²) in [6.07, 6.45) is 3.98. The predicted octanol–water partition coefficient (Wildman–Crippen LogP) is 0.394. The van der Waals surface area contributed by atoms with E-state index in [1.165, 1.54) is 25.2 Å². The van der Waals surface area contributed by atoms with Crippen molar-refractivity contribution in [1.29, 1.82) is 0 Å². The van der Waals surface area contributed by atoms with Crippen LogP contribution in [0.15, 0.2) is 23.9 Å². The van der Waals surface area contributed by atoms with Gasteiger partial charge in [0.2, 0.25) is 11.7 Å². The maximum Gasteiger partial charge on any atom is 0.221 e. The van der Waals surface area contributed by atoms with Crippen molar-refractivity contribution in [2.45, 2.75) is 19.4 Å². The smallest absolute Gasteiger partial charge is 0.221 e. The second-order valence-corrected chi connectivity index (χ2v) is 3.21. The van der Waals surface area contributed by atoms with Gasteiger partial charge in [-0.05, 0) is 25.2 Å². The zero-order valence-corrected chi connectivity index (χ0v) is 7.90. The van der Waals surface area contributed by atoms with Crippen LogP contribution in [-0.4, -0.2) is 22.5 Å². The minimum atomic E-state index is -1.06. The van der Waals surface area contributed by atoms with Crippen LogP contribution in [0.4, 0.5) is 0 Å². The number of ketones is 1. The standard InChI is InChI=1S/C9H11NO4/c1-6(11)10-7-5-9(2,14-13)4-3-8(7)12/h3-5,13H,1-2H3,(H,10,11). The van der Waals surface area contributed by atoms with Gasteiger partial charge in [0.1, 0.15) is 5.60 Å². The van der Waals surface area contributed by atoms with Crippen molar-refractivity contribution in [2.75, 3.05) is 0 Å². The molecule has 0 heterocycles. The fourth-order valence-corrected chi connectivity index (χ4v) is 1.08. The first-order valence-corrected chi connectivity index (χ1v) is 4.03. The topological polar surface area (TPSA) is 75.6 Å². The van der Waals surface area contributed by atoms with Gasteiger partial charge >= 0.3 is 0 Å². The van der Waals surface area contributed by atoms with Crippen molar-refractivity contribution in [1.82, 2.24) is 5.32 Å². The largest absolute Gasteiger partial charge is 0.323 e. The third-order valence-corrected chi connectivity index (χ3v) is 1.77. The lowest BCUT2D eigenvalue weighted by atomic mass is 9.97. The molecular formula is C9H11NO4. The Morgan fingerprint density at radius 2 is 2.29 bits per heavy atom. The first kappa shape index (κ1) is 10.6. The molecule has 0 aromatic rings. The Kier molecular flexibility index (Phi) is 2.83. The zero-order valence-electron chi connectivity index (χ0n) is 7.90. The number of hydrogen-bond acceptors (Lipinski definition) is 4. The summed E-state index contributed by atoms with van der Waals surface area (Å²) < 4.78 is 0.